The van der Waals surface area contributed by atoms with Crippen LogP contribution in [0.5, 0.6) is 0 Å². The van der Waals surface area contributed by atoms with Crippen molar-refractivity contribution in [2.75, 3.05) is 6.54 Å². The van der Waals surface area contributed by atoms with Crippen LogP contribution < -0.4 is 5.32 Å². The van der Waals surface area contributed by atoms with E-state index in [2.05, 4.69) is 11.9 Å². The molecule has 90 valence electrons. The van der Waals surface area contributed by atoms with Crippen LogP contribution in [0.15, 0.2) is 29.8 Å². The topological polar surface area (TPSA) is 72.2 Å². The Morgan fingerprint density at radius 2 is 2.24 bits per heavy atom. The van der Waals surface area contributed by atoms with Crippen molar-refractivity contribution >= 4 is 23.2 Å². The highest BCUT2D eigenvalue weighted by molar-refractivity contribution is 6.29. The first-order valence-corrected chi connectivity index (χ1v) is 4.85. The number of amides is 1. The van der Waals surface area contributed by atoms with E-state index in [-0.39, 0.29) is 17.1 Å². The summed E-state index contributed by atoms with van der Waals surface area (Å²) in [5.41, 5.74) is -0.700. The molecule has 0 saturated heterocycles. The molecule has 1 rings (SSSR count). The van der Waals surface area contributed by atoms with Gasteiger partial charge in [0, 0.05) is 11.1 Å². The van der Waals surface area contributed by atoms with E-state index in [0.29, 0.717) is 6.07 Å². The number of benzene rings is 1. The Kier molecular flexibility index (Phi) is 4.17. The Labute approximate surface area is 101 Å². The quantitative estimate of drug-likeness (QED) is 0.665. The van der Waals surface area contributed by atoms with Crippen LogP contribution in [-0.4, -0.2) is 17.4 Å². The standard InChI is InChI=1S/C10H8ClFN2O3/c1-6(11)5-13-10(15)8-3-2-7(14(16)17)4-9(8)12/h2-4H,1,5H2,(H,13,15). The number of halogens is 2. The van der Waals surface area contributed by atoms with Gasteiger partial charge in [0.1, 0.15) is 5.82 Å². The van der Waals surface area contributed by atoms with Gasteiger partial charge in [0.15, 0.2) is 0 Å². The van der Waals surface area contributed by atoms with Crippen LogP contribution in [0.2, 0.25) is 0 Å². The van der Waals surface area contributed by atoms with Crippen molar-refractivity contribution in [3.63, 3.8) is 0 Å². The Morgan fingerprint density at radius 3 is 2.71 bits per heavy atom. The van der Waals surface area contributed by atoms with E-state index in [1.807, 2.05) is 0 Å². The number of nitro groups is 1. The first kappa shape index (κ1) is 13.1. The monoisotopic (exact) mass is 258 g/mol. The van der Waals surface area contributed by atoms with Gasteiger partial charge in [-0.1, -0.05) is 18.2 Å². The third-order valence-corrected chi connectivity index (χ3v) is 1.98. The molecule has 17 heavy (non-hydrogen) atoms. The molecule has 1 N–H and O–H groups in total. The van der Waals surface area contributed by atoms with E-state index in [9.17, 15) is 19.3 Å². The smallest absolute Gasteiger partial charge is 0.272 e. The highest BCUT2D eigenvalue weighted by Crippen LogP contribution is 2.16. The fourth-order valence-electron chi connectivity index (χ4n) is 1.07. The van der Waals surface area contributed by atoms with Gasteiger partial charge in [-0.3, -0.25) is 14.9 Å². The predicted octanol–water partition coefficient (Wildman–Crippen LogP) is 2.22. The molecule has 0 aliphatic carbocycles. The molecule has 5 nitrogen and oxygen atoms in total. The van der Waals surface area contributed by atoms with Crippen molar-refractivity contribution in [1.82, 2.24) is 5.32 Å². The summed E-state index contributed by atoms with van der Waals surface area (Å²) in [4.78, 5) is 21.0. The molecule has 7 heteroatoms. The highest BCUT2D eigenvalue weighted by Gasteiger charge is 2.15. The van der Waals surface area contributed by atoms with E-state index >= 15 is 0 Å². The predicted molar refractivity (Wildman–Crippen MR) is 60.4 cm³/mol. The Bertz CT molecular complexity index is 490. The van der Waals surface area contributed by atoms with Gasteiger partial charge in [0.05, 0.1) is 23.1 Å². The van der Waals surface area contributed by atoms with Crippen LogP contribution in [0.1, 0.15) is 10.4 Å². The molecule has 0 aromatic heterocycles. The first-order chi connectivity index (χ1) is 7.91. The lowest BCUT2D eigenvalue weighted by atomic mass is 10.2. The van der Waals surface area contributed by atoms with E-state index in [1.54, 1.807) is 0 Å². The molecule has 0 spiro atoms. The molecule has 0 radical (unpaired) electrons. The van der Waals surface area contributed by atoms with Crippen LogP contribution in [0.25, 0.3) is 0 Å². The van der Waals surface area contributed by atoms with E-state index in [4.69, 9.17) is 11.6 Å². The number of hydrogen-bond donors (Lipinski definition) is 1. The van der Waals surface area contributed by atoms with Crippen molar-refractivity contribution in [2.45, 2.75) is 0 Å². The lowest BCUT2D eigenvalue weighted by Gasteiger charge is -2.04. The summed E-state index contributed by atoms with van der Waals surface area (Å²) in [6.45, 7) is 3.34. The zero-order valence-corrected chi connectivity index (χ0v) is 9.33. The van der Waals surface area contributed by atoms with Crippen LogP contribution >= 0.6 is 11.6 Å². The average molecular weight is 259 g/mol. The molecule has 0 bridgehead atoms. The zero-order chi connectivity index (χ0) is 13.0. The van der Waals surface area contributed by atoms with Crippen molar-refractivity contribution in [1.29, 1.82) is 0 Å². The number of non-ortho nitro benzene ring substituents is 1. The Balaban J connectivity index is 2.88. The minimum Gasteiger partial charge on any atom is -0.347 e. The summed E-state index contributed by atoms with van der Waals surface area (Å²) < 4.78 is 13.4. The lowest BCUT2D eigenvalue weighted by Crippen LogP contribution is -2.25. The number of nitrogens with zero attached hydrogens (tertiary/aromatic N) is 1. The number of hydrogen-bond acceptors (Lipinski definition) is 3. The maximum atomic E-state index is 13.4. The second-order valence-corrected chi connectivity index (χ2v) is 3.66. The van der Waals surface area contributed by atoms with Crippen LogP contribution in [-0.2, 0) is 0 Å². The number of carbonyl (C=O) groups excluding carboxylic acids is 1. The summed E-state index contributed by atoms with van der Waals surface area (Å²) in [5.74, 6) is -1.67. The molecule has 1 amide bonds. The van der Waals surface area contributed by atoms with E-state index < -0.39 is 22.3 Å². The summed E-state index contributed by atoms with van der Waals surface area (Å²) in [6, 6.07) is 2.78. The fraction of sp³-hybridized carbons (Fsp3) is 0.100. The molecule has 0 fully saturated rings. The third kappa shape index (κ3) is 3.53. The number of nitrogens with one attached hydrogen (secondary N) is 1. The van der Waals surface area contributed by atoms with Gasteiger partial charge < -0.3 is 5.32 Å². The number of rotatable bonds is 4. The van der Waals surface area contributed by atoms with Crippen molar-refractivity contribution in [3.8, 4) is 0 Å². The molecular formula is C10H8ClFN2O3. The molecule has 1 aromatic carbocycles. The maximum Gasteiger partial charge on any atom is 0.272 e. The Hall–Kier alpha value is -1.95. The number of carbonyl (C=O) groups is 1. The summed E-state index contributed by atoms with van der Waals surface area (Å²) in [7, 11) is 0. The summed E-state index contributed by atoms with van der Waals surface area (Å²) in [6.07, 6.45) is 0. The van der Waals surface area contributed by atoms with Crippen molar-refractivity contribution < 1.29 is 14.1 Å². The van der Waals surface area contributed by atoms with Gasteiger partial charge in [-0.2, -0.15) is 0 Å². The van der Waals surface area contributed by atoms with Crippen LogP contribution in [0.4, 0.5) is 10.1 Å². The molecule has 0 aliphatic rings. The minimum absolute atomic E-state index is 0.00316. The molecule has 0 atom stereocenters. The largest absolute Gasteiger partial charge is 0.347 e. The van der Waals surface area contributed by atoms with Crippen LogP contribution in [0, 0.1) is 15.9 Å². The minimum atomic E-state index is -0.961. The van der Waals surface area contributed by atoms with E-state index in [1.165, 1.54) is 0 Å². The highest BCUT2D eigenvalue weighted by atomic mass is 35.5. The molecule has 0 aliphatic heterocycles. The van der Waals surface area contributed by atoms with Gasteiger partial charge in [-0.15, -0.1) is 0 Å². The SMILES string of the molecule is C=C(Cl)CNC(=O)c1ccc([N+](=O)[O-])cc1F. The normalized spacial score (nSPS) is 9.76. The van der Waals surface area contributed by atoms with Gasteiger partial charge in [0.25, 0.3) is 11.6 Å². The molecule has 0 saturated carbocycles. The van der Waals surface area contributed by atoms with Crippen LogP contribution in [0.3, 0.4) is 0 Å². The average Bonchev–Trinajstić information content (AvgIpc) is 2.25. The molecular weight excluding hydrogens is 251 g/mol. The molecule has 0 heterocycles. The molecule has 0 unspecified atom stereocenters. The van der Waals surface area contributed by atoms with Crippen molar-refractivity contribution in [3.05, 3.63) is 51.3 Å². The van der Waals surface area contributed by atoms with Gasteiger partial charge in [-0.25, -0.2) is 4.39 Å². The summed E-state index contributed by atoms with van der Waals surface area (Å²) >= 11 is 5.42. The fourth-order valence-corrected chi connectivity index (χ4v) is 1.14. The maximum absolute atomic E-state index is 13.4. The molecule has 1 aromatic rings. The van der Waals surface area contributed by atoms with E-state index in [0.717, 1.165) is 12.1 Å². The Morgan fingerprint density at radius 1 is 1.59 bits per heavy atom. The third-order valence-electron chi connectivity index (χ3n) is 1.85. The lowest BCUT2D eigenvalue weighted by molar-refractivity contribution is -0.385. The second kappa shape index (κ2) is 5.40. The van der Waals surface area contributed by atoms with Gasteiger partial charge >= 0.3 is 0 Å². The van der Waals surface area contributed by atoms with Gasteiger partial charge in [-0.05, 0) is 6.07 Å². The first-order valence-electron chi connectivity index (χ1n) is 4.47. The van der Waals surface area contributed by atoms with Crippen molar-refractivity contribution in [2.24, 2.45) is 0 Å². The van der Waals surface area contributed by atoms with Gasteiger partial charge in [0.2, 0.25) is 0 Å². The zero-order valence-electron chi connectivity index (χ0n) is 8.57. The summed E-state index contributed by atoms with van der Waals surface area (Å²) in [5, 5.41) is 12.9. The number of nitro benzene ring substituents is 1. The second-order valence-electron chi connectivity index (χ2n) is 3.12.